The molecule has 118 valence electrons. The zero-order valence-corrected chi connectivity index (χ0v) is 13.8. The van der Waals surface area contributed by atoms with Crippen molar-refractivity contribution < 1.29 is 17.9 Å². The van der Waals surface area contributed by atoms with Crippen LogP contribution in [-0.4, -0.2) is 57.8 Å². The molecule has 20 heavy (non-hydrogen) atoms. The molecule has 0 aliphatic carbocycles. The topological polar surface area (TPSA) is 75.7 Å². The molecule has 1 rings (SSSR count). The van der Waals surface area contributed by atoms with Gasteiger partial charge in [0, 0.05) is 20.2 Å². The molecular weight excluding hydrogens is 280 g/mol. The Kier molecular flexibility index (Phi) is 5.57. The van der Waals surface area contributed by atoms with Crippen LogP contribution in [0, 0.1) is 5.41 Å². The Balaban J connectivity index is 2.88. The summed E-state index contributed by atoms with van der Waals surface area (Å²) in [6, 6.07) is -0.756. The molecule has 1 heterocycles. The summed E-state index contributed by atoms with van der Waals surface area (Å²) in [5.74, 6) is -0.176. The highest BCUT2D eigenvalue weighted by Crippen LogP contribution is 2.23. The minimum atomic E-state index is -3.44. The van der Waals surface area contributed by atoms with Gasteiger partial charge in [-0.15, -0.1) is 0 Å². The molecule has 1 N–H and O–H groups in total. The minimum Gasteiger partial charge on any atom is -0.380 e. The van der Waals surface area contributed by atoms with Crippen molar-refractivity contribution in [3.8, 4) is 0 Å². The van der Waals surface area contributed by atoms with Gasteiger partial charge in [0.1, 0.15) is 6.04 Å². The predicted molar refractivity (Wildman–Crippen MR) is 77.8 cm³/mol. The Morgan fingerprint density at radius 3 is 2.45 bits per heavy atom. The molecule has 0 aromatic rings. The summed E-state index contributed by atoms with van der Waals surface area (Å²) in [5.41, 5.74) is -0.486. The highest BCUT2D eigenvalue weighted by atomic mass is 32.2. The molecule has 6 nitrogen and oxygen atoms in total. The molecule has 0 aromatic heterocycles. The van der Waals surface area contributed by atoms with E-state index in [4.69, 9.17) is 4.74 Å². The van der Waals surface area contributed by atoms with Crippen molar-refractivity contribution in [1.29, 1.82) is 0 Å². The lowest BCUT2D eigenvalue weighted by atomic mass is 9.86. The first-order valence-corrected chi connectivity index (χ1v) is 8.72. The van der Waals surface area contributed by atoms with Crippen LogP contribution >= 0.6 is 0 Å². The number of nitrogens with zero attached hydrogens (tertiary/aromatic N) is 1. The van der Waals surface area contributed by atoms with Crippen LogP contribution in [0.3, 0.4) is 0 Å². The number of likely N-dealkylation sites (tertiary alicyclic amines) is 1. The average molecular weight is 306 g/mol. The van der Waals surface area contributed by atoms with E-state index in [1.807, 2.05) is 20.8 Å². The molecule has 1 amide bonds. The van der Waals surface area contributed by atoms with Gasteiger partial charge in [-0.25, -0.2) is 13.1 Å². The van der Waals surface area contributed by atoms with E-state index >= 15 is 0 Å². The maximum Gasteiger partial charge on any atom is 0.241 e. The van der Waals surface area contributed by atoms with Gasteiger partial charge in [-0.3, -0.25) is 4.79 Å². The van der Waals surface area contributed by atoms with Gasteiger partial charge in [-0.2, -0.15) is 0 Å². The Bertz CT molecular complexity index is 442. The van der Waals surface area contributed by atoms with Crippen LogP contribution in [0.4, 0.5) is 0 Å². The molecule has 7 heteroatoms. The third-order valence-electron chi connectivity index (χ3n) is 3.47. The first-order valence-electron chi connectivity index (χ1n) is 6.83. The van der Waals surface area contributed by atoms with Gasteiger partial charge >= 0.3 is 0 Å². The normalized spacial score (nSPS) is 22.6. The van der Waals surface area contributed by atoms with Crippen LogP contribution in [-0.2, 0) is 19.6 Å². The number of hydrogen-bond donors (Lipinski definition) is 1. The van der Waals surface area contributed by atoms with Crippen molar-refractivity contribution in [3.05, 3.63) is 0 Å². The molecule has 1 saturated heterocycles. The van der Waals surface area contributed by atoms with Gasteiger partial charge in [0.05, 0.1) is 12.4 Å². The second-order valence-electron chi connectivity index (χ2n) is 6.47. The van der Waals surface area contributed by atoms with Gasteiger partial charge in [-0.05, 0) is 18.3 Å². The van der Waals surface area contributed by atoms with Crippen molar-refractivity contribution >= 4 is 15.9 Å². The summed E-state index contributed by atoms with van der Waals surface area (Å²) < 4.78 is 30.8. The van der Waals surface area contributed by atoms with Gasteiger partial charge in [0.15, 0.2) is 0 Å². The lowest BCUT2D eigenvalue weighted by Gasteiger charge is -2.38. The van der Waals surface area contributed by atoms with Crippen LogP contribution in [0.25, 0.3) is 0 Å². The van der Waals surface area contributed by atoms with Gasteiger partial charge in [0.25, 0.3) is 0 Å². The Labute approximate surface area is 121 Å². The Morgan fingerprint density at radius 1 is 1.40 bits per heavy atom. The van der Waals surface area contributed by atoms with E-state index in [0.29, 0.717) is 13.1 Å². The summed E-state index contributed by atoms with van der Waals surface area (Å²) in [4.78, 5) is 14.3. The second-order valence-corrected chi connectivity index (χ2v) is 8.25. The third kappa shape index (κ3) is 5.03. The summed E-state index contributed by atoms with van der Waals surface area (Å²) in [6.07, 6.45) is 2.92. The molecular formula is C13H26N2O4S. The van der Waals surface area contributed by atoms with Crippen molar-refractivity contribution in [1.82, 2.24) is 9.62 Å². The fourth-order valence-corrected chi connectivity index (χ4v) is 3.21. The molecule has 1 aliphatic heterocycles. The average Bonchev–Trinajstić information content (AvgIpc) is 2.33. The van der Waals surface area contributed by atoms with E-state index in [2.05, 4.69) is 4.72 Å². The number of methoxy groups -OCH3 is 1. The molecule has 1 fully saturated rings. The van der Waals surface area contributed by atoms with Gasteiger partial charge < -0.3 is 9.64 Å². The highest BCUT2D eigenvalue weighted by Gasteiger charge is 2.37. The summed E-state index contributed by atoms with van der Waals surface area (Å²) in [5, 5.41) is 0. The van der Waals surface area contributed by atoms with Crippen LogP contribution in [0.15, 0.2) is 0 Å². The number of carbonyl (C=O) groups is 1. The number of carbonyl (C=O) groups excluding carboxylic acids is 1. The summed E-state index contributed by atoms with van der Waals surface area (Å²) in [7, 11) is -1.80. The number of rotatable bonds is 4. The van der Waals surface area contributed by atoms with Crippen molar-refractivity contribution in [2.24, 2.45) is 5.41 Å². The number of ether oxygens (including phenoxy) is 1. The molecule has 0 unspecified atom stereocenters. The number of hydrogen-bond acceptors (Lipinski definition) is 4. The first-order chi connectivity index (χ1) is 9.04. The van der Waals surface area contributed by atoms with E-state index in [1.54, 1.807) is 12.0 Å². The first kappa shape index (κ1) is 17.4. The lowest BCUT2D eigenvalue weighted by Crippen LogP contribution is -2.56. The summed E-state index contributed by atoms with van der Waals surface area (Å²) in [6.45, 7) is 6.73. The monoisotopic (exact) mass is 306 g/mol. The molecule has 0 spiro atoms. The number of sulfonamides is 1. The van der Waals surface area contributed by atoms with Crippen molar-refractivity contribution in [3.63, 3.8) is 0 Å². The molecule has 0 radical (unpaired) electrons. The van der Waals surface area contributed by atoms with E-state index in [9.17, 15) is 13.2 Å². The van der Waals surface area contributed by atoms with Crippen LogP contribution in [0.1, 0.15) is 33.6 Å². The van der Waals surface area contributed by atoms with Crippen molar-refractivity contribution in [2.45, 2.75) is 45.8 Å². The Hall–Kier alpha value is -0.660. The van der Waals surface area contributed by atoms with E-state index in [-0.39, 0.29) is 12.0 Å². The van der Waals surface area contributed by atoms with Crippen LogP contribution in [0.2, 0.25) is 0 Å². The van der Waals surface area contributed by atoms with E-state index in [1.165, 1.54) is 0 Å². The molecule has 0 saturated carbocycles. The van der Waals surface area contributed by atoms with Gasteiger partial charge in [0.2, 0.25) is 15.9 Å². The number of piperidine rings is 1. The standard InChI is InChI=1S/C13H26N2O4S/c1-13(2,3)11(14-20(5,17)18)12(16)15-8-6-7-10(9-15)19-4/h10-11,14H,6-9H2,1-5H3/t10-,11-/m1/s1. The molecule has 0 aromatic carbocycles. The van der Waals surface area contributed by atoms with E-state index in [0.717, 1.165) is 19.1 Å². The SMILES string of the molecule is CO[C@@H]1CCCN(C(=O)[C@@H](NS(C)(=O)=O)C(C)(C)C)C1. The van der Waals surface area contributed by atoms with Crippen LogP contribution in [0.5, 0.6) is 0 Å². The number of amides is 1. The number of nitrogens with one attached hydrogen (secondary N) is 1. The Morgan fingerprint density at radius 2 is 2.00 bits per heavy atom. The second kappa shape index (κ2) is 6.41. The zero-order valence-electron chi connectivity index (χ0n) is 13.0. The minimum absolute atomic E-state index is 0.0338. The highest BCUT2D eigenvalue weighted by molar-refractivity contribution is 7.88. The zero-order chi connectivity index (χ0) is 15.6. The van der Waals surface area contributed by atoms with Crippen LogP contribution < -0.4 is 4.72 Å². The molecule has 2 atom stereocenters. The summed E-state index contributed by atoms with van der Waals surface area (Å²) >= 11 is 0. The van der Waals surface area contributed by atoms with E-state index < -0.39 is 21.5 Å². The fraction of sp³-hybridized carbons (Fsp3) is 0.923. The quantitative estimate of drug-likeness (QED) is 0.825. The molecule has 1 aliphatic rings. The van der Waals surface area contributed by atoms with Gasteiger partial charge in [-0.1, -0.05) is 20.8 Å². The molecule has 0 bridgehead atoms. The van der Waals surface area contributed by atoms with Crippen molar-refractivity contribution in [2.75, 3.05) is 26.5 Å². The maximum absolute atomic E-state index is 12.6. The lowest BCUT2D eigenvalue weighted by molar-refractivity contribution is -0.139. The fourth-order valence-electron chi connectivity index (χ4n) is 2.33. The maximum atomic E-state index is 12.6. The third-order valence-corrected chi connectivity index (χ3v) is 4.13. The largest absolute Gasteiger partial charge is 0.380 e. The smallest absolute Gasteiger partial charge is 0.241 e. The predicted octanol–water partition coefficient (Wildman–Crippen LogP) is 0.588.